The molecule has 2 unspecified atom stereocenters. The van der Waals surface area contributed by atoms with Crippen LogP contribution < -0.4 is 5.73 Å². The summed E-state index contributed by atoms with van der Waals surface area (Å²) in [7, 11) is 0. The molecule has 3 N–H and O–H groups in total. The number of aryl methyl sites for hydroxylation is 2. The van der Waals surface area contributed by atoms with Gasteiger partial charge in [0.25, 0.3) is 0 Å². The molecule has 4 nitrogen and oxygen atoms in total. The lowest BCUT2D eigenvalue weighted by molar-refractivity contribution is 0.0445. The molecule has 17 heavy (non-hydrogen) atoms. The molecule has 0 aliphatic carbocycles. The van der Waals surface area contributed by atoms with Crippen molar-refractivity contribution in [2.24, 2.45) is 5.73 Å². The lowest BCUT2D eigenvalue weighted by Gasteiger charge is -2.26. The van der Waals surface area contributed by atoms with Gasteiger partial charge in [-0.15, -0.1) is 0 Å². The van der Waals surface area contributed by atoms with Crippen LogP contribution >= 0.6 is 0 Å². The summed E-state index contributed by atoms with van der Waals surface area (Å²) in [5.41, 5.74) is 7.07. The minimum atomic E-state index is -0.817. The van der Waals surface area contributed by atoms with Crippen LogP contribution in [0.4, 0.5) is 0 Å². The summed E-state index contributed by atoms with van der Waals surface area (Å²) >= 11 is 0. The van der Waals surface area contributed by atoms with Gasteiger partial charge in [-0.3, -0.25) is 4.68 Å². The van der Waals surface area contributed by atoms with Gasteiger partial charge in [0.05, 0.1) is 17.3 Å². The summed E-state index contributed by atoms with van der Waals surface area (Å²) < 4.78 is 2.03. The first kappa shape index (κ1) is 14.2. The van der Waals surface area contributed by atoms with E-state index in [1.54, 1.807) is 6.92 Å². The fourth-order valence-electron chi connectivity index (χ4n) is 2.11. The molecule has 0 saturated carbocycles. The predicted octanol–water partition coefficient (Wildman–Crippen LogP) is 1.67. The Morgan fingerprint density at radius 2 is 2.12 bits per heavy atom. The van der Waals surface area contributed by atoms with Crippen molar-refractivity contribution in [1.82, 2.24) is 9.78 Å². The van der Waals surface area contributed by atoms with Crippen molar-refractivity contribution in [2.45, 2.75) is 58.6 Å². The van der Waals surface area contributed by atoms with E-state index < -0.39 is 5.60 Å². The minimum Gasteiger partial charge on any atom is -0.389 e. The van der Waals surface area contributed by atoms with Gasteiger partial charge in [0.2, 0.25) is 0 Å². The molecule has 98 valence electrons. The van der Waals surface area contributed by atoms with E-state index in [9.17, 15) is 5.11 Å². The molecule has 0 aliphatic heterocycles. The number of nitrogens with zero attached hydrogens (tertiary/aromatic N) is 2. The highest BCUT2D eigenvalue weighted by molar-refractivity contribution is 5.11. The first-order chi connectivity index (χ1) is 7.93. The van der Waals surface area contributed by atoms with Crippen LogP contribution in [0.3, 0.4) is 0 Å². The van der Waals surface area contributed by atoms with E-state index in [1.165, 1.54) is 5.69 Å². The lowest BCUT2D eigenvalue weighted by atomic mass is 9.98. The summed E-state index contributed by atoms with van der Waals surface area (Å²) in [4.78, 5) is 0. The van der Waals surface area contributed by atoms with Gasteiger partial charge in [0.15, 0.2) is 0 Å². The zero-order chi connectivity index (χ0) is 13.1. The molecular weight excluding hydrogens is 214 g/mol. The average Bonchev–Trinajstić information content (AvgIpc) is 2.71. The Morgan fingerprint density at radius 1 is 1.47 bits per heavy atom. The van der Waals surface area contributed by atoms with Gasteiger partial charge in [0.1, 0.15) is 0 Å². The highest BCUT2D eigenvalue weighted by atomic mass is 16.3. The van der Waals surface area contributed by atoms with E-state index in [0.717, 1.165) is 18.5 Å². The Bertz CT molecular complexity index is 358. The summed E-state index contributed by atoms with van der Waals surface area (Å²) in [5.74, 6) is 0. The number of rotatable bonds is 6. The predicted molar refractivity (Wildman–Crippen MR) is 70.0 cm³/mol. The van der Waals surface area contributed by atoms with Gasteiger partial charge in [-0.2, -0.15) is 5.10 Å². The van der Waals surface area contributed by atoms with E-state index in [1.807, 2.05) is 4.68 Å². The van der Waals surface area contributed by atoms with Gasteiger partial charge in [0, 0.05) is 12.2 Å². The molecule has 0 aliphatic rings. The maximum atomic E-state index is 10.0. The second kappa shape index (κ2) is 5.65. The summed E-state index contributed by atoms with van der Waals surface area (Å²) in [6.45, 7) is 8.36. The smallest absolute Gasteiger partial charge is 0.0761 e. The van der Waals surface area contributed by atoms with E-state index in [2.05, 4.69) is 31.9 Å². The Balaban J connectivity index is 2.87. The van der Waals surface area contributed by atoms with Crippen LogP contribution in [0.5, 0.6) is 0 Å². The van der Waals surface area contributed by atoms with Gasteiger partial charge < -0.3 is 10.8 Å². The fourth-order valence-corrected chi connectivity index (χ4v) is 2.11. The van der Waals surface area contributed by atoms with Crippen molar-refractivity contribution in [1.29, 1.82) is 0 Å². The van der Waals surface area contributed by atoms with Crippen LogP contribution in [0.25, 0.3) is 0 Å². The maximum Gasteiger partial charge on any atom is 0.0761 e. The Labute approximate surface area is 104 Å². The van der Waals surface area contributed by atoms with Crippen molar-refractivity contribution in [3.05, 3.63) is 17.5 Å². The molecule has 0 aromatic carbocycles. The third kappa shape index (κ3) is 3.54. The maximum absolute atomic E-state index is 10.0. The van der Waals surface area contributed by atoms with Crippen LogP contribution in [0, 0.1) is 0 Å². The molecule has 0 bridgehead atoms. The number of aliphatic hydroxyl groups is 1. The largest absolute Gasteiger partial charge is 0.389 e. The second-order valence-electron chi connectivity index (χ2n) is 5.03. The molecule has 1 rings (SSSR count). The first-order valence-electron chi connectivity index (χ1n) is 6.43. The minimum absolute atomic E-state index is 0.170. The molecule has 1 aromatic rings. The molecule has 0 radical (unpaired) electrons. The van der Waals surface area contributed by atoms with Crippen LogP contribution in [-0.2, 0) is 12.8 Å². The van der Waals surface area contributed by atoms with Crippen LogP contribution in [-0.4, -0.2) is 27.0 Å². The van der Waals surface area contributed by atoms with Crippen molar-refractivity contribution in [3.63, 3.8) is 0 Å². The molecular formula is C13H25N3O. The van der Waals surface area contributed by atoms with E-state index >= 15 is 0 Å². The first-order valence-corrected chi connectivity index (χ1v) is 6.43. The Morgan fingerprint density at radius 3 is 2.59 bits per heavy atom. The van der Waals surface area contributed by atoms with Crippen LogP contribution in [0.2, 0.25) is 0 Å². The van der Waals surface area contributed by atoms with Crippen molar-refractivity contribution >= 4 is 0 Å². The monoisotopic (exact) mass is 239 g/mol. The second-order valence-corrected chi connectivity index (χ2v) is 5.03. The van der Waals surface area contributed by atoms with Crippen molar-refractivity contribution in [3.8, 4) is 0 Å². The van der Waals surface area contributed by atoms with E-state index in [-0.39, 0.29) is 12.6 Å². The summed E-state index contributed by atoms with van der Waals surface area (Å²) in [5, 5.41) is 14.6. The standard InChI is InChI=1S/C13H25N3O/c1-5-11-7-12(6-2)16(15-11)10(3)8-13(4,17)9-14/h7,10,17H,5-6,8-9,14H2,1-4H3. The van der Waals surface area contributed by atoms with Gasteiger partial charge >= 0.3 is 0 Å². The summed E-state index contributed by atoms with van der Waals surface area (Å²) in [6.07, 6.45) is 2.53. The molecule has 0 amide bonds. The molecule has 1 heterocycles. The van der Waals surface area contributed by atoms with Gasteiger partial charge in [-0.25, -0.2) is 0 Å². The molecule has 1 aromatic heterocycles. The van der Waals surface area contributed by atoms with Crippen molar-refractivity contribution < 1.29 is 5.11 Å². The normalized spacial score (nSPS) is 16.8. The third-order valence-corrected chi connectivity index (χ3v) is 3.18. The Hall–Kier alpha value is -0.870. The topological polar surface area (TPSA) is 64.1 Å². The zero-order valence-electron chi connectivity index (χ0n) is 11.4. The van der Waals surface area contributed by atoms with Crippen molar-refractivity contribution in [2.75, 3.05) is 6.54 Å². The fraction of sp³-hybridized carbons (Fsp3) is 0.769. The zero-order valence-corrected chi connectivity index (χ0v) is 11.4. The van der Waals surface area contributed by atoms with E-state index in [0.29, 0.717) is 6.42 Å². The molecule has 0 spiro atoms. The third-order valence-electron chi connectivity index (χ3n) is 3.18. The highest BCUT2D eigenvalue weighted by Gasteiger charge is 2.24. The highest BCUT2D eigenvalue weighted by Crippen LogP contribution is 2.22. The molecule has 2 atom stereocenters. The van der Waals surface area contributed by atoms with Gasteiger partial charge in [-0.1, -0.05) is 13.8 Å². The summed E-state index contributed by atoms with van der Waals surface area (Å²) in [6, 6.07) is 2.32. The lowest BCUT2D eigenvalue weighted by Crippen LogP contribution is -2.36. The Kier molecular flexibility index (Phi) is 4.71. The molecule has 4 heteroatoms. The van der Waals surface area contributed by atoms with E-state index in [4.69, 9.17) is 5.73 Å². The average molecular weight is 239 g/mol. The number of aromatic nitrogens is 2. The van der Waals surface area contributed by atoms with Crippen LogP contribution in [0.1, 0.15) is 51.5 Å². The number of nitrogens with two attached hydrogens (primary N) is 1. The van der Waals surface area contributed by atoms with Crippen LogP contribution in [0.15, 0.2) is 6.07 Å². The SMILES string of the molecule is CCc1cc(CC)n(C(C)CC(C)(O)CN)n1. The quantitative estimate of drug-likeness (QED) is 0.793. The molecule has 0 saturated heterocycles. The molecule has 0 fully saturated rings. The van der Waals surface area contributed by atoms with Gasteiger partial charge in [-0.05, 0) is 39.2 Å². The number of hydrogen-bond donors (Lipinski definition) is 2. The number of hydrogen-bond acceptors (Lipinski definition) is 3.